The third-order valence-electron chi connectivity index (χ3n) is 5.02. The van der Waals surface area contributed by atoms with Gasteiger partial charge >= 0.3 is 0 Å². The number of piperazine rings is 1. The number of hydrogen-bond donors (Lipinski definition) is 0. The molecule has 3 aromatic rings. The van der Waals surface area contributed by atoms with Crippen LogP contribution in [0.3, 0.4) is 0 Å². The number of benzene rings is 2. The third kappa shape index (κ3) is 4.88. The molecule has 1 aliphatic rings. The summed E-state index contributed by atoms with van der Waals surface area (Å²) in [5.74, 6) is -1.88. The Balaban J connectivity index is 1.46. The Morgan fingerprint density at radius 2 is 1.75 bits per heavy atom. The van der Waals surface area contributed by atoms with Gasteiger partial charge in [-0.2, -0.15) is 4.31 Å². The molecular weight excluding hydrogens is 612 g/mol. The van der Waals surface area contributed by atoms with Crippen molar-refractivity contribution in [2.75, 3.05) is 31.1 Å². The maximum Gasteiger partial charge on any atom is 0.247 e. The van der Waals surface area contributed by atoms with E-state index in [1.165, 1.54) is 15.6 Å². The number of hydrogen-bond acceptors (Lipinski definition) is 5. The molecule has 0 amide bonds. The molecular formula is C20H16Br2ClF2N3O2S2. The highest BCUT2D eigenvalue weighted by Crippen LogP contribution is 2.35. The molecule has 0 bridgehead atoms. The number of rotatable bonds is 5. The van der Waals surface area contributed by atoms with E-state index in [-0.39, 0.29) is 17.6 Å². The van der Waals surface area contributed by atoms with E-state index in [9.17, 15) is 17.2 Å². The standard InChI is InChI=1S/C20H16Br2ClF2N3O2S2/c21-15-10-16(24)17(22)19(18(15)25)32(29,30)28-7-5-27(6-8-28)20-26-14(11-31-20)9-12-1-3-13(23)4-2-12/h1-4,10-11H,5-9H2. The van der Waals surface area contributed by atoms with Crippen LogP contribution in [0.5, 0.6) is 0 Å². The van der Waals surface area contributed by atoms with Crippen LogP contribution >= 0.6 is 54.8 Å². The van der Waals surface area contributed by atoms with Gasteiger partial charge in [0.25, 0.3) is 0 Å². The fourth-order valence-corrected chi connectivity index (χ4v) is 7.36. The molecule has 0 aliphatic carbocycles. The largest absolute Gasteiger partial charge is 0.345 e. The average Bonchev–Trinajstić information content (AvgIpc) is 3.22. The molecule has 1 aromatic heterocycles. The Hall–Kier alpha value is -1.11. The topological polar surface area (TPSA) is 53.5 Å². The average molecular weight is 628 g/mol. The number of halogens is 5. The third-order valence-corrected chi connectivity index (χ3v) is 9.78. The first kappa shape index (κ1) is 24.0. The number of anilines is 1. The highest BCUT2D eigenvalue weighted by atomic mass is 79.9. The minimum absolute atomic E-state index is 0.133. The molecule has 2 heterocycles. The van der Waals surface area contributed by atoms with Gasteiger partial charge in [0.15, 0.2) is 10.9 Å². The smallest absolute Gasteiger partial charge is 0.247 e. The van der Waals surface area contributed by atoms with Crippen LogP contribution < -0.4 is 4.90 Å². The molecule has 1 aliphatic heterocycles. The summed E-state index contributed by atoms with van der Waals surface area (Å²) in [6.07, 6.45) is 0.670. The van der Waals surface area contributed by atoms with E-state index >= 15 is 0 Å². The molecule has 170 valence electrons. The van der Waals surface area contributed by atoms with E-state index in [1.54, 1.807) is 0 Å². The maximum atomic E-state index is 14.6. The van der Waals surface area contributed by atoms with Crippen molar-refractivity contribution in [3.63, 3.8) is 0 Å². The lowest BCUT2D eigenvalue weighted by Crippen LogP contribution is -2.49. The van der Waals surface area contributed by atoms with E-state index in [2.05, 4.69) is 36.8 Å². The van der Waals surface area contributed by atoms with Gasteiger partial charge in [-0.1, -0.05) is 23.7 Å². The maximum absolute atomic E-state index is 14.6. The molecule has 32 heavy (non-hydrogen) atoms. The van der Waals surface area contributed by atoms with Crippen molar-refractivity contribution in [3.05, 3.63) is 72.6 Å². The van der Waals surface area contributed by atoms with Crippen molar-refractivity contribution in [3.8, 4) is 0 Å². The second-order valence-electron chi connectivity index (χ2n) is 7.11. The predicted octanol–water partition coefficient (Wildman–Crippen LogP) is 5.70. The highest BCUT2D eigenvalue weighted by molar-refractivity contribution is 9.11. The summed E-state index contributed by atoms with van der Waals surface area (Å²) in [6, 6.07) is 8.46. The Morgan fingerprint density at radius 3 is 2.41 bits per heavy atom. The van der Waals surface area contributed by atoms with Gasteiger partial charge in [0.1, 0.15) is 10.7 Å². The first-order chi connectivity index (χ1) is 15.2. The second kappa shape index (κ2) is 9.63. The summed E-state index contributed by atoms with van der Waals surface area (Å²) < 4.78 is 55.2. The van der Waals surface area contributed by atoms with Crippen LogP contribution in [0.1, 0.15) is 11.3 Å². The molecule has 0 atom stereocenters. The van der Waals surface area contributed by atoms with Crippen LogP contribution in [-0.2, 0) is 16.4 Å². The molecule has 12 heteroatoms. The van der Waals surface area contributed by atoms with Crippen LogP contribution in [0, 0.1) is 11.6 Å². The molecule has 0 unspecified atom stereocenters. The van der Waals surface area contributed by atoms with Gasteiger partial charge in [-0.25, -0.2) is 22.2 Å². The van der Waals surface area contributed by atoms with Gasteiger partial charge in [-0.05, 0) is 55.6 Å². The molecule has 0 saturated carbocycles. The summed E-state index contributed by atoms with van der Waals surface area (Å²) >= 11 is 13.2. The number of aromatic nitrogens is 1. The summed E-state index contributed by atoms with van der Waals surface area (Å²) in [4.78, 5) is 5.97. The lowest BCUT2D eigenvalue weighted by atomic mass is 10.1. The summed E-state index contributed by atoms with van der Waals surface area (Å²) in [7, 11) is -4.23. The number of nitrogens with zero attached hydrogens (tertiary/aromatic N) is 3. The Kier molecular flexibility index (Phi) is 7.23. The number of sulfonamides is 1. The van der Waals surface area contributed by atoms with Crippen LogP contribution in [0.2, 0.25) is 5.02 Å². The molecule has 1 saturated heterocycles. The van der Waals surface area contributed by atoms with Crippen molar-refractivity contribution in [1.29, 1.82) is 0 Å². The summed E-state index contributed by atoms with van der Waals surface area (Å²) in [5, 5.41) is 3.45. The van der Waals surface area contributed by atoms with Crippen molar-refractivity contribution >= 4 is 70.0 Å². The molecule has 1 fully saturated rings. The zero-order chi connectivity index (χ0) is 23.0. The molecule has 2 aromatic carbocycles. The fourth-order valence-electron chi connectivity index (χ4n) is 3.36. The quantitative estimate of drug-likeness (QED) is 0.341. The Morgan fingerprint density at radius 1 is 1.09 bits per heavy atom. The molecule has 0 radical (unpaired) electrons. The van der Waals surface area contributed by atoms with Gasteiger partial charge in [-0.15, -0.1) is 11.3 Å². The van der Waals surface area contributed by atoms with E-state index in [0.29, 0.717) is 24.5 Å². The van der Waals surface area contributed by atoms with Crippen LogP contribution in [-0.4, -0.2) is 43.9 Å². The van der Waals surface area contributed by atoms with Gasteiger partial charge in [0.05, 0.1) is 14.6 Å². The zero-order valence-corrected chi connectivity index (χ0v) is 21.9. The van der Waals surface area contributed by atoms with Gasteiger partial charge in [0.2, 0.25) is 10.0 Å². The monoisotopic (exact) mass is 625 g/mol. The highest BCUT2D eigenvalue weighted by Gasteiger charge is 2.35. The summed E-state index contributed by atoms with van der Waals surface area (Å²) in [5.41, 5.74) is 2.01. The lowest BCUT2D eigenvalue weighted by molar-refractivity contribution is 0.381. The molecule has 4 rings (SSSR count). The van der Waals surface area contributed by atoms with E-state index in [0.717, 1.165) is 22.5 Å². The van der Waals surface area contributed by atoms with Gasteiger partial charge in [0, 0.05) is 43.0 Å². The Labute approximate surface area is 210 Å². The summed E-state index contributed by atoms with van der Waals surface area (Å²) in [6.45, 7) is 1.05. The predicted molar refractivity (Wildman–Crippen MR) is 129 cm³/mol. The lowest BCUT2D eigenvalue weighted by Gasteiger charge is -2.34. The van der Waals surface area contributed by atoms with Crippen LogP contribution in [0.25, 0.3) is 0 Å². The second-order valence-corrected chi connectivity index (χ2v) is 11.9. The van der Waals surface area contributed by atoms with Crippen molar-refractivity contribution in [1.82, 2.24) is 9.29 Å². The van der Waals surface area contributed by atoms with Crippen molar-refractivity contribution < 1.29 is 17.2 Å². The minimum Gasteiger partial charge on any atom is -0.345 e. The first-order valence-electron chi connectivity index (χ1n) is 9.44. The van der Waals surface area contributed by atoms with Crippen molar-refractivity contribution in [2.45, 2.75) is 11.3 Å². The molecule has 5 nitrogen and oxygen atoms in total. The minimum atomic E-state index is -4.23. The molecule has 0 spiro atoms. The van der Waals surface area contributed by atoms with Crippen LogP contribution in [0.15, 0.2) is 49.6 Å². The first-order valence-corrected chi connectivity index (χ1v) is 13.7. The molecule has 0 N–H and O–H groups in total. The van der Waals surface area contributed by atoms with Gasteiger partial charge in [-0.3, -0.25) is 0 Å². The van der Waals surface area contributed by atoms with Crippen molar-refractivity contribution in [2.24, 2.45) is 0 Å². The van der Waals surface area contributed by atoms with E-state index in [1.807, 2.05) is 34.5 Å². The van der Waals surface area contributed by atoms with E-state index < -0.39 is 31.0 Å². The Bertz CT molecular complexity index is 1220. The zero-order valence-electron chi connectivity index (χ0n) is 16.4. The SMILES string of the molecule is O=S(=O)(c1c(F)c(Br)cc(F)c1Br)N1CCN(c2nc(Cc3ccc(Cl)cc3)cs2)CC1. The van der Waals surface area contributed by atoms with E-state index in [4.69, 9.17) is 11.6 Å². The van der Waals surface area contributed by atoms with Crippen LogP contribution in [0.4, 0.5) is 13.9 Å². The van der Waals surface area contributed by atoms with Gasteiger partial charge < -0.3 is 4.90 Å². The number of thiazole rings is 1. The normalized spacial score (nSPS) is 15.3. The fraction of sp³-hybridized carbons (Fsp3) is 0.250.